The topological polar surface area (TPSA) is 21.3 Å². The van der Waals surface area contributed by atoms with Crippen LogP contribution in [-0.4, -0.2) is 13.2 Å². The Morgan fingerprint density at radius 3 is 2.44 bits per heavy atom. The summed E-state index contributed by atoms with van der Waals surface area (Å²) in [6.07, 6.45) is 2.30. The number of rotatable bonds is 7. The lowest BCUT2D eigenvalue weighted by molar-refractivity contribution is 0.309. The van der Waals surface area contributed by atoms with Gasteiger partial charge in [-0.05, 0) is 37.6 Å². The van der Waals surface area contributed by atoms with Crippen LogP contribution < -0.4 is 10.1 Å². The molecule has 16 heavy (non-hydrogen) atoms. The number of nitrogens with one attached hydrogen (secondary N) is 1. The molecule has 0 amide bonds. The molecule has 0 saturated carbocycles. The van der Waals surface area contributed by atoms with Crippen LogP contribution in [0.3, 0.4) is 0 Å². The smallest absolute Gasteiger partial charge is 0.119 e. The molecule has 0 saturated heterocycles. The van der Waals surface area contributed by atoms with Gasteiger partial charge in [0.2, 0.25) is 0 Å². The zero-order valence-electron chi connectivity index (χ0n) is 10.6. The second-order valence-electron chi connectivity index (χ2n) is 4.05. The van der Waals surface area contributed by atoms with Gasteiger partial charge in [0, 0.05) is 6.04 Å². The van der Waals surface area contributed by atoms with E-state index in [-0.39, 0.29) is 0 Å². The third kappa shape index (κ3) is 4.23. The lowest BCUT2D eigenvalue weighted by Gasteiger charge is -2.13. The quantitative estimate of drug-likeness (QED) is 0.711. The lowest BCUT2D eigenvalue weighted by Crippen LogP contribution is -2.17. The molecule has 1 aromatic carbocycles. The number of unbranched alkanes of at least 4 members (excludes halogenated alkanes) is 1. The van der Waals surface area contributed by atoms with E-state index in [1.54, 1.807) is 0 Å². The van der Waals surface area contributed by atoms with Gasteiger partial charge in [-0.3, -0.25) is 0 Å². The first-order valence-corrected chi connectivity index (χ1v) is 6.24. The van der Waals surface area contributed by atoms with Crippen LogP contribution in [0.2, 0.25) is 0 Å². The van der Waals surface area contributed by atoms with E-state index in [1.807, 2.05) is 0 Å². The molecule has 1 rings (SSSR count). The number of ether oxygens (including phenoxy) is 1. The summed E-state index contributed by atoms with van der Waals surface area (Å²) in [6.45, 7) is 8.29. The summed E-state index contributed by atoms with van der Waals surface area (Å²) >= 11 is 0. The van der Waals surface area contributed by atoms with Gasteiger partial charge >= 0.3 is 0 Å². The molecule has 0 bridgehead atoms. The second-order valence-corrected chi connectivity index (χ2v) is 4.05. The molecule has 0 aliphatic heterocycles. The van der Waals surface area contributed by atoms with Gasteiger partial charge in [0.25, 0.3) is 0 Å². The van der Waals surface area contributed by atoms with Gasteiger partial charge in [-0.1, -0.05) is 32.4 Å². The zero-order chi connectivity index (χ0) is 11.8. The number of hydrogen-bond acceptors (Lipinski definition) is 2. The largest absolute Gasteiger partial charge is 0.494 e. The minimum atomic E-state index is 0.412. The molecule has 0 aliphatic carbocycles. The molecular weight excluding hydrogens is 198 g/mol. The number of benzene rings is 1. The fourth-order valence-corrected chi connectivity index (χ4v) is 1.61. The Balaban J connectivity index is 2.47. The Labute approximate surface area is 99.0 Å². The fourth-order valence-electron chi connectivity index (χ4n) is 1.61. The highest BCUT2D eigenvalue weighted by molar-refractivity contribution is 5.28. The van der Waals surface area contributed by atoms with Crippen LogP contribution in [0.4, 0.5) is 0 Å². The molecular formula is C14H23NO. The van der Waals surface area contributed by atoms with Gasteiger partial charge in [-0.25, -0.2) is 0 Å². The van der Waals surface area contributed by atoms with Crippen molar-refractivity contribution in [1.82, 2.24) is 5.32 Å². The normalized spacial score (nSPS) is 12.4. The van der Waals surface area contributed by atoms with Crippen LogP contribution in [0.25, 0.3) is 0 Å². The first kappa shape index (κ1) is 13.0. The highest BCUT2D eigenvalue weighted by Crippen LogP contribution is 2.17. The summed E-state index contributed by atoms with van der Waals surface area (Å²) < 4.78 is 5.62. The standard InChI is InChI=1S/C14H23NO/c1-4-6-11-16-14-9-7-13(8-10-14)12(3)15-5-2/h7-10,12,15H,4-6,11H2,1-3H3/t12-/m0/s1. The predicted octanol–water partition coefficient (Wildman–Crippen LogP) is 3.54. The Morgan fingerprint density at radius 1 is 1.19 bits per heavy atom. The van der Waals surface area contributed by atoms with Crippen LogP contribution in [-0.2, 0) is 0 Å². The molecule has 90 valence electrons. The average molecular weight is 221 g/mol. The summed E-state index contributed by atoms with van der Waals surface area (Å²) in [6, 6.07) is 8.79. The van der Waals surface area contributed by atoms with Crippen molar-refractivity contribution in [3.63, 3.8) is 0 Å². The van der Waals surface area contributed by atoms with E-state index >= 15 is 0 Å². The van der Waals surface area contributed by atoms with Crippen LogP contribution in [0.5, 0.6) is 5.75 Å². The third-order valence-electron chi connectivity index (χ3n) is 2.66. The molecule has 1 N–H and O–H groups in total. The van der Waals surface area contributed by atoms with Gasteiger partial charge < -0.3 is 10.1 Å². The van der Waals surface area contributed by atoms with Crippen LogP contribution in [0, 0.1) is 0 Å². The first-order valence-electron chi connectivity index (χ1n) is 6.24. The zero-order valence-corrected chi connectivity index (χ0v) is 10.6. The van der Waals surface area contributed by atoms with E-state index in [9.17, 15) is 0 Å². The maximum absolute atomic E-state index is 5.62. The van der Waals surface area contributed by atoms with Crippen molar-refractivity contribution in [2.24, 2.45) is 0 Å². The summed E-state index contributed by atoms with van der Waals surface area (Å²) in [5.74, 6) is 0.973. The Bertz CT molecular complexity index is 281. The van der Waals surface area contributed by atoms with Crippen molar-refractivity contribution in [2.75, 3.05) is 13.2 Å². The Hall–Kier alpha value is -1.02. The Kier molecular flexibility index (Phi) is 5.94. The van der Waals surface area contributed by atoms with E-state index < -0.39 is 0 Å². The van der Waals surface area contributed by atoms with Crippen molar-refractivity contribution in [3.05, 3.63) is 29.8 Å². The molecule has 0 heterocycles. The highest BCUT2D eigenvalue weighted by Gasteiger charge is 2.03. The summed E-state index contributed by atoms with van der Waals surface area (Å²) in [5.41, 5.74) is 1.31. The first-order chi connectivity index (χ1) is 7.77. The number of hydrogen-bond donors (Lipinski definition) is 1. The second kappa shape index (κ2) is 7.29. The Morgan fingerprint density at radius 2 is 1.88 bits per heavy atom. The van der Waals surface area contributed by atoms with Crippen LogP contribution in [0.15, 0.2) is 24.3 Å². The molecule has 1 aromatic rings. The van der Waals surface area contributed by atoms with Crippen molar-refractivity contribution in [2.45, 2.75) is 39.7 Å². The molecule has 0 aliphatic rings. The molecule has 0 spiro atoms. The maximum atomic E-state index is 5.62. The molecule has 2 heteroatoms. The maximum Gasteiger partial charge on any atom is 0.119 e. The van der Waals surface area contributed by atoms with Gasteiger partial charge in [0.15, 0.2) is 0 Å². The van der Waals surface area contributed by atoms with Crippen molar-refractivity contribution < 1.29 is 4.74 Å². The molecule has 2 nitrogen and oxygen atoms in total. The van der Waals surface area contributed by atoms with Gasteiger partial charge in [-0.15, -0.1) is 0 Å². The summed E-state index contributed by atoms with van der Waals surface area (Å²) in [7, 11) is 0. The van der Waals surface area contributed by atoms with Gasteiger partial charge in [0.05, 0.1) is 6.61 Å². The summed E-state index contributed by atoms with van der Waals surface area (Å²) in [4.78, 5) is 0. The third-order valence-corrected chi connectivity index (χ3v) is 2.66. The molecule has 1 atom stereocenters. The van der Waals surface area contributed by atoms with Crippen molar-refractivity contribution >= 4 is 0 Å². The SMILES string of the molecule is CCCCOc1ccc([C@H](C)NCC)cc1. The molecule has 0 unspecified atom stereocenters. The minimum Gasteiger partial charge on any atom is -0.494 e. The monoisotopic (exact) mass is 221 g/mol. The highest BCUT2D eigenvalue weighted by atomic mass is 16.5. The molecule has 0 aromatic heterocycles. The average Bonchev–Trinajstić information content (AvgIpc) is 2.30. The van der Waals surface area contributed by atoms with E-state index in [2.05, 4.69) is 50.4 Å². The van der Waals surface area contributed by atoms with E-state index in [4.69, 9.17) is 4.74 Å². The van der Waals surface area contributed by atoms with E-state index in [0.717, 1.165) is 25.3 Å². The lowest BCUT2D eigenvalue weighted by atomic mass is 10.1. The minimum absolute atomic E-state index is 0.412. The molecule has 0 radical (unpaired) electrons. The van der Waals surface area contributed by atoms with E-state index in [1.165, 1.54) is 12.0 Å². The van der Waals surface area contributed by atoms with Gasteiger partial charge in [-0.2, -0.15) is 0 Å². The van der Waals surface area contributed by atoms with Gasteiger partial charge in [0.1, 0.15) is 5.75 Å². The fraction of sp³-hybridized carbons (Fsp3) is 0.571. The summed E-state index contributed by atoms with van der Waals surface area (Å²) in [5, 5.41) is 3.39. The van der Waals surface area contributed by atoms with Crippen molar-refractivity contribution in [3.8, 4) is 5.75 Å². The van der Waals surface area contributed by atoms with Crippen LogP contribution >= 0.6 is 0 Å². The predicted molar refractivity (Wildman–Crippen MR) is 68.9 cm³/mol. The molecule has 0 fully saturated rings. The van der Waals surface area contributed by atoms with E-state index in [0.29, 0.717) is 6.04 Å². The van der Waals surface area contributed by atoms with Crippen LogP contribution in [0.1, 0.15) is 45.2 Å². The van der Waals surface area contributed by atoms with Crippen molar-refractivity contribution in [1.29, 1.82) is 0 Å².